The van der Waals surface area contributed by atoms with E-state index in [1.54, 1.807) is 11.8 Å². The van der Waals surface area contributed by atoms with E-state index in [0.29, 0.717) is 6.54 Å². The predicted molar refractivity (Wildman–Crippen MR) is 58.1 cm³/mol. The largest absolute Gasteiger partial charge is 0.481 e. The third-order valence-electron chi connectivity index (χ3n) is 2.05. The summed E-state index contributed by atoms with van der Waals surface area (Å²) in [5, 5.41) is 8.55. The van der Waals surface area contributed by atoms with E-state index in [1.807, 2.05) is 4.90 Å². The molecule has 0 spiro atoms. The van der Waals surface area contributed by atoms with Gasteiger partial charge in [0, 0.05) is 17.8 Å². The van der Waals surface area contributed by atoms with Crippen LogP contribution in [0.25, 0.3) is 0 Å². The topological polar surface area (TPSA) is 40.5 Å². The molecule has 1 aliphatic rings. The first-order chi connectivity index (χ1) is 5.93. The number of carbonyl (C=O) groups is 1. The monoisotopic (exact) mass is 219 g/mol. The molecule has 5 heteroatoms. The lowest BCUT2D eigenvalue weighted by atomic mass is 10.1. The van der Waals surface area contributed by atoms with Crippen LogP contribution < -0.4 is 0 Å². The zero-order valence-electron chi connectivity index (χ0n) is 7.74. The second kappa shape index (κ2) is 3.84. The smallest absolute Gasteiger partial charge is 0.305 e. The van der Waals surface area contributed by atoms with Crippen molar-refractivity contribution in [3.63, 3.8) is 0 Å². The Labute approximate surface area is 87.5 Å². The second-order valence-corrected chi connectivity index (χ2v) is 5.27. The van der Waals surface area contributed by atoms with Crippen LogP contribution in [0.4, 0.5) is 0 Å². The molecule has 0 unspecified atom stereocenters. The van der Waals surface area contributed by atoms with Crippen molar-refractivity contribution in [2.75, 3.05) is 12.3 Å². The number of hydrogen-bond donors (Lipinski definition) is 1. The number of thiocarbonyl (C=S) groups is 1. The van der Waals surface area contributed by atoms with Crippen molar-refractivity contribution >= 4 is 34.3 Å². The molecule has 0 atom stereocenters. The van der Waals surface area contributed by atoms with Gasteiger partial charge in [-0.05, 0) is 13.8 Å². The van der Waals surface area contributed by atoms with Gasteiger partial charge in [0.25, 0.3) is 0 Å². The maximum absolute atomic E-state index is 10.4. The summed E-state index contributed by atoms with van der Waals surface area (Å²) in [4.78, 5) is 12.4. The fraction of sp³-hybridized carbons (Fsp3) is 0.750. The van der Waals surface area contributed by atoms with Gasteiger partial charge in [-0.25, -0.2) is 0 Å². The average Bonchev–Trinajstić information content (AvgIpc) is 2.23. The fourth-order valence-corrected chi connectivity index (χ4v) is 2.88. The minimum Gasteiger partial charge on any atom is -0.481 e. The molecule has 0 aromatic rings. The van der Waals surface area contributed by atoms with Gasteiger partial charge >= 0.3 is 5.97 Å². The molecule has 1 fully saturated rings. The van der Waals surface area contributed by atoms with Crippen molar-refractivity contribution in [3.05, 3.63) is 0 Å². The second-order valence-electron chi connectivity index (χ2n) is 3.66. The van der Waals surface area contributed by atoms with Gasteiger partial charge in [-0.2, -0.15) is 0 Å². The van der Waals surface area contributed by atoms with E-state index in [4.69, 9.17) is 17.3 Å². The van der Waals surface area contributed by atoms with E-state index in [0.717, 1.165) is 10.1 Å². The lowest BCUT2D eigenvalue weighted by Gasteiger charge is -2.31. The molecule has 0 bridgehead atoms. The summed E-state index contributed by atoms with van der Waals surface area (Å²) in [7, 11) is 0. The molecule has 0 amide bonds. The molecule has 1 N–H and O–H groups in total. The van der Waals surface area contributed by atoms with Crippen LogP contribution in [0.15, 0.2) is 0 Å². The number of aliphatic carboxylic acids is 1. The standard InChI is InChI=1S/C8H13NO2S2/c1-8(2)5-13-7(12)9(8)4-3-6(10)11/h3-5H2,1-2H3,(H,10,11). The Morgan fingerprint density at radius 3 is 2.77 bits per heavy atom. The minimum absolute atomic E-state index is 0.0111. The summed E-state index contributed by atoms with van der Waals surface area (Å²) in [5.74, 6) is 0.182. The molecule has 13 heavy (non-hydrogen) atoms. The van der Waals surface area contributed by atoms with Crippen molar-refractivity contribution in [3.8, 4) is 0 Å². The normalized spacial score (nSPS) is 20.8. The highest BCUT2D eigenvalue weighted by atomic mass is 32.2. The lowest BCUT2D eigenvalue weighted by molar-refractivity contribution is -0.137. The fourth-order valence-electron chi connectivity index (χ4n) is 1.24. The Morgan fingerprint density at radius 1 is 1.77 bits per heavy atom. The summed E-state index contributed by atoms with van der Waals surface area (Å²) >= 11 is 6.77. The maximum atomic E-state index is 10.4. The molecule has 0 aromatic heterocycles. The van der Waals surface area contributed by atoms with Gasteiger partial charge in [-0.3, -0.25) is 4.79 Å². The first kappa shape index (κ1) is 10.8. The highest BCUT2D eigenvalue weighted by Crippen LogP contribution is 2.32. The summed E-state index contributed by atoms with van der Waals surface area (Å²) in [6.07, 6.45) is 0.157. The Morgan fingerprint density at radius 2 is 2.38 bits per heavy atom. The van der Waals surface area contributed by atoms with Gasteiger partial charge in [0.05, 0.1) is 6.42 Å². The molecule has 74 valence electrons. The minimum atomic E-state index is -0.768. The number of carboxylic acid groups (broad SMARTS) is 1. The zero-order chi connectivity index (χ0) is 10.1. The molecule has 1 heterocycles. The Hall–Kier alpha value is -0.290. The predicted octanol–water partition coefficient (Wildman–Crippen LogP) is 1.57. The molecule has 0 radical (unpaired) electrons. The van der Waals surface area contributed by atoms with E-state index in [1.165, 1.54) is 0 Å². The highest BCUT2D eigenvalue weighted by Gasteiger charge is 2.35. The van der Waals surface area contributed by atoms with Crippen LogP contribution >= 0.6 is 24.0 Å². The first-order valence-corrected chi connectivity index (χ1v) is 5.49. The third-order valence-corrected chi connectivity index (χ3v) is 3.94. The quantitative estimate of drug-likeness (QED) is 0.730. The average molecular weight is 219 g/mol. The number of rotatable bonds is 3. The molecule has 1 rings (SSSR count). The van der Waals surface area contributed by atoms with Crippen LogP contribution in [0.5, 0.6) is 0 Å². The van der Waals surface area contributed by atoms with E-state index < -0.39 is 5.97 Å². The van der Waals surface area contributed by atoms with Gasteiger partial charge in [0.1, 0.15) is 4.32 Å². The molecule has 1 saturated heterocycles. The summed E-state index contributed by atoms with van der Waals surface area (Å²) in [6, 6.07) is 0. The molecule has 0 aliphatic carbocycles. The Bertz CT molecular complexity index is 240. The zero-order valence-corrected chi connectivity index (χ0v) is 9.37. The summed E-state index contributed by atoms with van der Waals surface area (Å²) in [5.41, 5.74) is 0.0111. The van der Waals surface area contributed by atoms with Crippen molar-refractivity contribution < 1.29 is 9.90 Å². The molecule has 3 nitrogen and oxygen atoms in total. The number of nitrogens with zero attached hydrogens (tertiary/aromatic N) is 1. The van der Waals surface area contributed by atoms with E-state index >= 15 is 0 Å². The van der Waals surface area contributed by atoms with Crippen molar-refractivity contribution in [2.24, 2.45) is 0 Å². The molecule has 0 saturated carbocycles. The van der Waals surface area contributed by atoms with Crippen LogP contribution in [-0.4, -0.2) is 38.1 Å². The Balaban J connectivity index is 2.56. The SMILES string of the molecule is CC1(C)CSC(=S)N1CCC(=O)O. The highest BCUT2D eigenvalue weighted by molar-refractivity contribution is 8.23. The van der Waals surface area contributed by atoms with E-state index in [2.05, 4.69) is 13.8 Å². The molecular formula is C8H13NO2S2. The number of hydrogen-bond acceptors (Lipinski definition) is 3. The first-order valence-electron chi connectivity index (χ1n) is 4.10. The van der Waals surface area contributed by atoms with Crippen LogP contribution in [0.2, 0.25) is 0 Å². The Kier molecular flexibility index (Phi) is 3.18. The van der Waals surface area contributed by atoms with Crippen molar-refractivity contribution in [1.82, 2.24) is 4.90 Å². The van der Waals surface area contributed by atoms with Gasteiger partial charge in [-0.1, -0.05) is 24.0 Å². The van der Waals surface area contributed by atoms with Gasteiger partial charge in [0.15, 0.2) is 0 Å². The van der Waals surface area contributed by atoms with Crippen molar-refractivity contribution in [2.45, 2.75) is 25.8 Å². The van der Waals surface area contributed by atoms with Gasteiger partial charge in [-0.15, -0.1) is 0 Å². The van der Waals surface area contributed by atoms with Crippen LogP contribution in [0.1, 0.15) is 20.3 Å². The van der Waals surface area contributed by atoms with E-state index in [-0.39, 0.29) is 12.0 Å². The molecule has 0 aromatic carbocycles. The van der Waals surface area contributed by atoms with Crippen molar-refractivity contribution in [1.29, 1.82) is 0 Å². The maximum Gasteiger partial charge on any atom is 0.305 e. The summed E-state index contributed by atoms with van der Waals surface area (Å²) in [6.45, 7) is 4.69. The summed E-state index contributed by atoms with van der Waals surface area (Å²) < 4.78 is 0.825. The molecular weight excluding hydrogens is 206 g/mol. The third kappa shape index (κ3) is 2.57. The number of carboxylic acids is 1. The molecule has 1 aliphatic heterocycles. The van der Waals surface area contributed by atoms with Crippen LogP contribution in [-0.2, 0) is 4.79 Å². The van der Waals surface area contributed by atoms with Crippen LogP contribution in [0.3, 0.4) is 0 Å². The van der Waals surface area contributed by atoms with Gasteiger partial charge < -0.3 is 10.0 Å². The number of thioether (sulfide) groups is 1. The van der Waals surface area contributed by atoms with Crippen LogP contribution in [0, 0.1) is 0 Å². The van der Waals surface area contributed by atoms with Gasteiger partial charge in [0.2, 0.25) is 0 Å². The van der Waals surface area contributed by atoms with E-state index in [9.17, 15) is 4.79 Å². The lowest BCUT2D eigenvalue weighted by Crippen LogP contribution is -2.42.